The molecule has 2 heterocycles. The average Bonchev–Trinajstić information content (AvgIpc) is 2.70. The van der Waals surface area contributed by atoms with Gasteiger partial charge < -0.3 is 25.8 Å². The molecule has 1 aromatic rings. The summed E-state index contributed by atoms with van der Waals surface area (Å²) in [6.07, 6.45) is -3.40. The van der Waals surface area contributed by atoms with Crippen molar-refractivity contribution in [1.82, 2.24) is 15.6 Å². The quantitative estimate of drug-likeness (QED) is 0.416. The lowest BCUT2D eigenvalue weighted by Gasteiger charge is -2.23. The highest BCUT2D eigenvalue weighted by Crippen LogP contribution is 2.36. The number of aliphatic hydroxyl groups is 1. The van der Waals surface area contributed by atoms with Crippen LogP contribution in [0.15, 0.2) is 35.7 Å². The molecule has 1 aliphatic heterocycles. The lowest BCUT2D eigenvalue weighted by atomic mass is 10.1. The number of allylic oxidation sites excluding steroid dienone is 2. The maximum Gasteiger partial charge on any atom is 0.456 e. The van der Waals surface area contributed by atoms with Crippen LogP contribution in [0, 0.1) is 6.92 Å². The van der Waals surface area contributed by atoms with Crippen LogP contribution in [-0.4, -0.2) is 52.8 Å². The molecule has 0 bridgehead atoms. The third kappa shape index (κ3) is 7.14. The smallest absolute Gasteiger partial charge is 0.456 e. The van der Waals surface area contributed by atoms with E-state index in [1.165, 1.54) is 26.0 Å². The summed E-state index contributed by atoms with van der Waals surface area (Å²) < 4.78 is 67.1. The summed E-state index contributed by atoms with van der Waals surface area (Å²) in [6.45, 7) is 3.85. The number of carbonyl (C=O) groups is 2. The molecule has 2 rings (SSSR count). The number of hydrogen-bond acceptors (Lipinski definition) is 6. The minimum absolute atomic E-state index is 0.0446. The Kier molecular flexibility index (Phi) is 7.91. The fourth-order valence-electron chi connectivity index (χ4n) is 2.63. The zero-order chi connectivity index (χ0) is 25.9. The Bertz CT molecular complexity index is 1000. The number of aromatic nitrogens is 1. The molecule has 2 amide bonds. The molecule has 0 radical (unpaired) electrons. The van der Waals surface area contributed by atoms with Gasteiger partial charge in [0.05, 0.1) is 12.6 Å². The number of rotatable bonds is 8. The first-order chi connectivity index (χ1) is 15.5. The predicted octanol–water partition coefficient (Wildman–Crippen LogP) is 2.86. The molecule has 0 spiro atoms. The first-order valence-corrected chi connectivity index (χ1v) is 10.0. The summed E-state index contributed by atoms with van der Waals surface area (Å²) in [7, 11) is 0. The van der Waals surface area contributed by atoms with Gasteiger partial charge in [-0.25, -0.2) is 4.98 Å². The van der Waals surface area contributed by atoms with Crippen molar-refractivity contribution in [3.05, 3.63) is 47.0 Å². The molecular formula is C21H25F5N4O4. The molecule has 13 heteroatoms. The van der Waals surface area contributed by atoms with E-state index in [-0.39, 0.29) is 23.8 Å². The molecule has 8 nitrogen and oxygen atoms in total. The van der Waals surface area contributed by atoms with Crippen LogP contribution in [0.3, 0.4) is 0 Å². The van der Waals surface area contributed by atoms with Gasteiger partial charge in [0.1, 0.15) is 22.9 Å². The van der Waals surface area contributed by atoms with Gasteiger partial charge in [-0.1, -0.05) is 0 Å². The topological polar surface area (TPSA) is 113 Å². The molecule has 0 aromatic carbocycles. The van der Waals surface area contributed by atoms with E-state index >= 15 is 0 Å². The Morgan fingerprint density at radius 1 is 1.21 bits per heavy atom. The Hall–Kier alpha value is -3.22. The van der Waals surface area contributed by atoms with E-state index in [0.717, 1.165) is 6.08 Å². The Morgan fingerprint density at radius 3 is 2.38 bits per heavy atom. The summed E-state index contributed by atoms with van der Waals surface area (Å²) in [6, 6.07) is 2.65. The van der Waals surface area contributed by atoms with Gasteiger partial charge in [-0.2, -0.15) is 22.0 Å². The van der Waals surface area contributed by atoms with E-state index in [0.29, 0.717) is 11.3 Å². The van der Waals surface area contributed by atoms with E-state index in [2.05, 4.69) is 25.7 Å². The Morgan fingerprint density at radius 2 is 1.85 bits per heavy atom. The fraction of sp³-hybridized carbons (Fsp3) is 0.476. The van der Waals surface area contributed by atoms with Crippen molar-refractivity contribution >= 4 is 17.6 Å². The third-order valence-electron chi connectivity index (χ3n) is 4.61. The summed E-state index contributed by atoms with van der Waals surface area (Å²) >= 11 is 0. The monoisotopic (exact) mass is 492 g/mol. The highest BCUT2D eigenvalue weighted by molar-refractivity contribution is 5.96. The Balaban J connectivity index is 2.03. The normalized spacial score (nSPS) is 15.5. The second kappa shape index (κ2) is 9.95. The van der Waals surface area contributed by atoms with Crippen LogP contribution in [0.25, 0.3) is 0 Å². The second-order valence-corrected chi connectivity index (χ2v) is 8.19. The minimum atomic E-state index is -5.73. The number of nitrogens with one attached hydrogen (secondary N) is 3. The summed E-state index contributed by atoms with van der Waals surface area (Å²) in [5, 5.41) is 17.6. The second-order valence-electron chi connectivity index (χ2n) is 8.19. The largest absolute Gasteiger partial charge is 0.489 e. The van der Waals surface area contributed by atoms with E-state index in [4.69, 9.17) is 0 Å². The van der Waals surface area contributed by atoms with Crippen LogP contribution in [0.2, 0.25) is 0 Å². The molecule has 0 saturated carbocycles. The predicted molar refractivity (Wildman–Crippen MR) is 112 cm³/mol. The molecular weight excluding hydrogens is 467 g/mol. The molecule has 1 atom stereocenters. The molecule has 0 fully saturated rings. The first-order valence-electron chi connectivity index (χ1n) is 10.0. The number of aryl methyl sites for hydroxylation is 1. The molecule has 0 aliphatic carbocycles. The van der Waals surface area contributed by atoms with Crippen LogP contribution in [0.4, 0.5) is 27.8 Å². The lowest BCUT2D eigenvalue weighted by molar-refractivity contribution is -0.293. The van der Waals surface area contributed by atoms with Crippen molar-refractivity contribution in [3.63, 3.8) is 0 Å². The number of anilines is 1. The summed E-state index contributed by atoms with van der Waals surface area (Å²) in [5.41, 5.74) is -0.441. The first kappa shape index (κ1) is 27.0. The summed E-state index contributed by atoms with van der Waals surface area (Å²) in [5.74, 6) is -6.25. The highest BCUT2D eigenvalue weighted by atomic mass is 19.4. The van der Waals surface area contributed by atoms with Gasteiger partial charge in [-0.15, -0.1) is 0 Å². The maximum atomic E-state index is 13.0. The van der Waals surface area contributed by atoms with Crippen molar-refractivity contribution in [2.24, 2.45) is 0 Å². The lowest BCUT2D eigenvalue weighted by Crippen LogP contribution is -2.41. The molecule has 1 aromatic heterocycles. The van der Waals surface area contributed by atoms with Crippen LogP contribution in [0.1, 0.15) is 38.1 Å². The number of amides is 2. The van der Waals surface area contributed by atoms with E-state index in [1.807, 2.05) is 0 Å². The summed E-state index contributed by atoms with van der Waals surface area (Å²) in [4.78, 5) is 28.7. The number of hydrogen-bond donors (Lipinski definition) is 4. The van der Waals surface area contributed by atoms with Crippen molar-refractivity contribution in [2.45, 2.75) is 51.4 Å². The highest BCUT2D eigenvalue weighted by Gasteiger charge is 2.58. The minimum Gasteiger partial charge on any atom is -0.489 e. The van der Waals surface area contributed by atoms with Gasteiger partial charge in [0.25, 0.3) is 11.8 Å². The molecule has 1 aliphatic rings. The van der Waals surface area contributed by atoms with E-state index < -0.39 is 42.2 Å². The number of dihydropyridines is 1. The zero-order valence-corrected chi connectivity index (χ0v) is 18.8. The van der Waals surface area contributed by atoms with Gasteiger partial charge in [0.15, 0.2) is 6.61 Å². The van der Waals surface area contributed by atoms with Gasteiger partial charge in [-0.05, 0) is 57.5 Å². The van der Waals surface area contributed by atoms with Crippen LogP contribution in [0.5, 0.6) is 0 Å². The molecule has 4 N–H and O–H groups in total. The number of alkyl halides is 5. The average molecular weight is 492 g/mol. The van der Waals surface area contributed by atoms with Gasteiger partial charge in [-0.3, -0.25) is 9.59 Å². The number of ether oxygens (including phenoxy) is 1. The number of pyridine rings is 1. The van der Waals surface area contributed by atoms with Crippen LogP contribution in [-0.2, 0) is 14.3 Å². The molecule has 34 heavy (non-hydrogen) atoms. The van der Waals surface area contributed by atoms with Gasteiger partial charge in [0, 0.05) is 5.69 Å². The van der Waals surface area contributed by atoms with Crippen molar-refractivity contribution in [2.75, 3.05) is 18.5 Å². The number of carbonyl (C=O) groups excluding carboxylic acids is 2. The van der Waals surface area contributed by atoms with E-state index in [1.54, 1.807) is 19.9 Å². The zero-order valence-electron chi connectivity index (χ0n) is 18.8. The third-order valence-corrected chi connectivity index (χ3v) is 4.61. The molecule has 0 saturated heterocycles. The number of nitrogens with zero attached hydrogens (tertiary/aromatic N) is 1. The Labute approximate surface area is 192 Å². The van der Waals surface area contributed by atoms with Crippen LogP contribution >= 0.6 is 0 Å². The molecule has 188 valence electrons. The van der Waals surface area contributed by atoms with Gasteiger partial charge >= 0.3 is 12.1 Å². The fourth-order valence-corrected chi connectivity index (χ4v) is 2.63. The van der Waals surface area contributed by atoms with Gasteiger partial charge in [0.2, 0.25) is 0 Å². The van der Waals surface area contributed by atoms with Crippen molar-refractivity contribution in [3.8, 4) is 0 Å². The van der Waals surface area contributed by atoms with Crippen molar-refractivity contribution < 1.29 is 41.4 Å². The standard InChI is InChI=1S/C21H25F5N4O4/c1-11-7-13(8-16(28-11)30-18(32)19(3,4)33)12(2)29-17(31)15-6-5-14(9-27-15)34-10-20(22,23)21(24,25)26/h5-8,12,27,33H,9-10H2,1-4H3,(H,29,31)(H,28,30,32). The molecule has 1 unspecified atom stereocenters. The number of halogens is 5. The van der Waals surface area contributed by atoms with E-state index in [9.17, 15) is 36.6 Å². The maximum absolute atomic E-state index is 13.0. The SMILES string of the molecule is Cc1cc(C(C)NC(=O)C2=CC=C(OCC(F)(F)C(F)(F)F)CN2)cc(NC(=O)C(C)(C)O)n1. The van der Waals surface area contributed by atoms with Crippen LogP contribution < -0.4 is 16.0 Å². The van der Waals surface area contributed by atoms with Crippen molar-refractivity contribution in [1.29, 1.82) is 0 Å².